The van der Waals surface area contributed by atoms with Gasteiger partial charge in [0.2, 0.25) is 0 Å². The minimum Gasteiger partial charge on any atom is -0.376 e. The second-order valence-electron chi connectivity index (χ2n) is 7.02. The molecule has 0 unspecified atom stereocenters. The summed E-state index contributed by atoms with van der Waals surface area (Å²) in [6.07, 6.45) is 4.99. The van der Waals surface area contributed by atoms with Crippen LogP contribution in [0.5, 0.6) is 0 Å². The number of benzene rings is 1. The Balaban J connectivity index is 1.48. The normalized spacial score (nSPS) is 25.4. The number of rotatable bonds is 5. The molecule has 2 saturated heterocycles. The van der Waals surface area contributed by atoms with Crippen molar-refractivity contribution in [2.24, 2.45) is 5.92 Å². The van der Waals surface area contributed by atoms with Crippen molar-refractivity contribution in [3.05, 3.63) is 35.4 Å². The Labute approximate surface area is 139 Å². The second-order valence-corrected chi connectivity index (χ2v) is 7.02. The summed E-state index contributed by atoms with van der Waals surface area (Å²) < 4.78 is 5.53. The fourth-order valence-electron chi connectivity index (χ4n) is 3.56. The van der Waals surface area contributed by atoms with Crippen molar-refractivity contribution in [2.75, 3.05) is 26.2 Å². The number of likely N-dealkylation sites (tertiary alicyclic amines) is 1. The Morgan fingerprint density at radius 2 is 2.09 bits per heavy atom. The molecule has 2 atom stereocenters. The lowest BCUT2D eigenvalue weighted by Gasteiger charge is -2.30. The lowest BCUT2D eigenvalue weighted by atomic mass is 9.99. The number of hydrogen-bond acceptors (Lipinski definition) is 3. The third-order valence-corrected chi connectivity index (χ3v) is 4.88. The van der Waals surface area contributed by atoms with Crippen molar-refractivity contribution >= 4 is 5.91 Å². The third-order valence-electron chi connectivity index (χ3n) is 4.88. The molecular weight excluding hydrogens is 288 g/mol. The lowest BCUT2D eigenvalue weighted by molar-refractivity contribution is 0.0858. The molecule has 2 aliphatic heterocycles. The van der Waals surface area contributed by atoms with Gasteiger partial charge in [0.1, 0.15) is 0 Å². The summed E-state index contributed by atoms with van der Waals surface area (Å²) in [7, 11) is 0. The summed E-state index contributed by atoms with van der Waals surface area (Å²) >= 11 is 0. The number of carbonyl (C=O) groups is 1. The van der Waals surface area contributed by atoms with Gasteiger partial charge in [-0.05, 0) is 55.8 Å². The Kier molecular flexibility index (Phi) is 5.68. The van der Waals surface area contributed by atoms with E-state index in [0.717, 1.165) is 37.5 Å². The Hall–Kier alpha value is -1.39. The van der Waals surface area contributed by atoms with Crippen LogP contribution in [0.1, 0.15) is 48.5 Å². The Morgan fingerprint density at radius 1 is 1.26 bits per heavy atom. The van der Waals surface area contributed by atoms with Crippen LogP contribution in [0, 0.1) is 5.92 Å². The van der Waals surface area contributed by atoms with Crippen molar-refractivity contribution in [1.82, 2.24) is 10.2 Å². The van der Waals surface area contributed by atoms with Crippen molar-refractivity contribution in [3.8, 4) is 0 Å². The first-order valence-electron chi connectivity index (χ1n) is 8.92. The van der Waals surface area contributed by atoms with Crippen molar-refractivity contribution in [3.63, 3.8) is 0 Å². The average Bonchev–Trinajstić information content (AvgIpc) is 3.07. The van der Waals surface area contributed by atoms with Crippen LogP contribution in [0.3, 0.4) is 0 Å². The Bertz CT molecular complexity index is 509. The van der Waals surface area contributed by atoms with E-state index in [2.05, 4.69) is 29.3 Å². The van der Waals surface area contributed by atoms with Crippen LogP contribution in [0.4, 0.5) is 0 Å². The van der Waals surface area contributed by atoms with Crippen LogP contribution in [0.25, 0.3) is 0 Å². The molecule has 23 heavy (non-hydrogen) atoms. The molecule has 0 bridgehead atoms. The van der Waals surface area contributed by atoms with E-state index in [9.17, 15) is 4.79 Å². The summed E-state index contributed by atoms with van der Waals surface area (Å²) in [4.78, 5) is 14.7. The van der Waals surface area contributed by atoms with E-state index in [0.29, 0.717) is 6.54 Å². The first-order chi connectivity index (χ1) is 11.2. The second kappa shape index (κ2) is 7.93. The van der Waals surface area contributed by atoms with Gasteiger partial charge in [0.25, 0.3) is 5.91 Å². The molecule has 2 heterocycles. The van der Waals surface area contributed by atoms with E-state index in [-0.39, 0.29) is 12.0 Å². The molecular formula is C19H28N2O2. The first kappa shape index (κ1) is 16.5. The van der Waals surface area contributed by atoms with Crippen LogP contribution in [0.2, 0.25) is 0 Å². The molecule has 4 nitrogen and oxygen atoms in total. The molecule has 1 amide bonds. The summed E-state index contributed by atoms with van der Waals surface area (Å²) in [5, 5.41) is 2.97. The van der Waals surface area contributed by atoms with Gasteiger partial charge >= 0.3 is 0 Å². The summed E-state index contributed by atoms with van der Waals surface area (Å²) in [5.74, 6) is 0.797. The quantitative estimate of drug-likeness (QED) is 0.908. The van der Waals surface area contributed by atoms with E-state index < -0.39 is 0 Å². The van der Waals surface area contributed by atoms with Crippen molar-refractivity contribution in [2.45, 2.75) is 45.3 Å². The van der Waals surface area contributed by atoms with E-state index in [1.54, 1.807) is 0 Å². The number of ether oxygens (including phenoxy) is 1. The number of nitrogens with one attached hydrogen (secondary N) is 1. The zero-order chi connectivity index (χ0) is 16.1. The third kappa shape index (κ3) is 4.79. The fourth-order valence-corrected chi connectivity index (χ4v) is 3.56. The predicted molar refractivity (Wildman–Crippen MR) is 91.4 cm³/mol. The molecule has 0 aliphatic carbocycles. The van der Waals surface area contributed by atoms with Crippen molar-refractivity contribution < 1.29 is 9.53 Å². The molecule has 2 aliphatic rings. The molecule has 2 fully saturated rings. The van der Waals surface area contributed by atoms with E-state index in [1.807, 2.05) is 12.1 Å². The highest BCUT2D eigenvalue weighted by atomic mass is 16.5. The van der Waals surface area contributed by atoms with Crippen LogP contribution < -0.4 is 5.32 Å². The van der Waals surface area contributed by atoms with Gasteiger partial charge in [0.15, 0.2) is 0 Å². The maximum atomic E-state index is 12.2. The molecule has 126 valence electrons. The van der Waals surface area contributed by atoms with Gasteiger partial charge in [-0.1, -0.05) is 19.1 Å². The molecule has 0 spiro atoms. The van der Waals surface area contributed by atoms with Gasteiger partial charge in [0.05, 0.1) is 6.10 Å². The standard InChI is InChI=1S/C19H28N2O2/c1-15-4-2-10-21(13-15)14-16-6-8-17(9-7-16)19(22)20-12-18-5-3-11-23-18/h6-9,15,18H,2-5,10-14H2,1H3,(H,20,22)/t15-,18+/m1/s1. The minimum absolute atomic E-state index is 0.00125. The minimum atomic E-state index is -0.00125. The van der Waals surface area contributed by atoms with Crippen LogP contribution in [-0.2, 0) is 11.3 Å². The van der Waals surface area contributed by atoms with E-state index in [1.165, 1.54) is 31.5 Å². The molecule has 4 heteroatoms. The summed E-state index contributed by atoms with van der Waals surface area (Å²) in [6, 6.07) is 8.04. The zero-order valence-corrected chi connectivity index (χ0v) is 14.1. The highest BCUT2D eigenvalue weighted by Gasteiger charge is 2.18. The SMILES string of the molecule is C[C@@H]1CCCN(Cc2ccc(C(=O)NC[C@@H]3CCCO3)cc2)C1. The van der Waals surface area contributed by atoms with Crippen LogP contribution in [0.15, 0.2) is 24.3 Å². The van der Waals surface area contributed by atoms with Crippen LogP contribution >= 0.6 is 0 Å². The van der Waals surface area contributed by atoms with Gasteiger partial charge < -0.3 is 10.1 Å². The topological polar surface area (TPSA) is 41.6 Å². The summed E-state index contributed by atoms with van der Waals surface area (Å²) in [5.41, 5.74) is 2.02. The predicted octanol–water partition coefficient (Wildman–Crippen LogP) is 2.83. The van der Waals surface area contributed by atoms with Crippen molar-refractivity contribution in [1.29, 1.82) is 0 Å². The monoisotopic (exact) mass is 316 g/mol. The molecule has 1 aromatic rings. The zero-order valence-electron chi connectivity index (χ0n) is 14.1. The average molecular weight is 316 g/mol. The molecule has 1 aromatic carbocycles. The molecule has 0 radical (unpaired) electrons. The molecule has 0 aromatic heterocycles. The van der Waals surface area contributed by atoms with Gasteiger partial charge in [0, 0.05) is 31.8 Å². The number of carbonyl (C=O) groups excluding carboxylic acids is 1. The number of hydrogen-bond donors (Lipinski definition) is 1. The molecule has 1 N–H and O–H groups in total. The van der Waals surface area contributed by atoms with E-state index in [4.69, 9.17) is 4.74 Å². The smallest absolute Gasteiger partial charge is 0.251 e. The number of piperidine rings is 1. The van der Waals surface area contributed by atoms with Crippen LogP contribution in [-0.4, -0.2) is 43.2 Å². The van der Waals surface area contributed by atoms with Gasteiger partial charge in [-0.15, -0.1) is 0 Å². The van der Waals surface area contributed by atoms with Gasteiger partial charge in [-0.3, -0.25) is 9.69 Å². The summed E-state index contributed by atoms with van der Waals surface area (Å²) in [6.45, 7) is 7.13. The van der Waals surface area contributed by atoms with E-state index >= 15 is 0 Å². The maximum absolute atomic E-state index is 12.2. The number of amides is 1. The molecule has 3 rings (SSSR count). The fraction of sp³-hybridized carbons (Fsp3) is 0.632. The first-order valence-corrected chi connectivity index (χ1v) is 8.92. The van der Waals surface area contributed by atoms with Gasteiger partial charge in [-0.25, -0.2) is 0 Å². The Morgan fingerprint density at radius 3 is 2.78 bits per heavy atom. The highest BCUT2D eigenvalue weighted by molar-refractivity contribution is 5.94. The molecule has 0 saturated carbocycles. The van der Waals surface area contributed by atoms with Gasteiger partial charge in [-0.2, -0.15) is 0 Å². The lowest BCUT2D eigenvalue weighted by Crippen LogP contribution is -2.33. The largest absolute Gasteiger partial charge is 0.376 e. The number of nitrogens with zero attached hydrogens (tertiary/aromatic N) is 1. The maximum Gasteiger partial charge on any atom is 0.251 e. The highest BCUT2D eigenvalue weighted by Crippen LogP contribution is 2.18.